The number of fused-ring (bicyclic) bond motifs is 2. The number of nitrogens with one attached hydrogen (secondary N) is 2. The zero-order chi connectivity index (χ0) is 25.7. The largest absolute Gasteiger partial charge is 0.369 e. The summed E-state index contributed by atoms with van der Waals surface area (Å²) in [6, 6.07) is 9.31. The van der Waals surface area contributed by atoms with Crippen LogP contribution in [0.4, 0.5) is 5.69 Å². The van der Waals surface area contributed by atoms with Gasteiger partial charge in [0, 0.05) is 47.7 Å². The Morgan fingerprint density at radius 2 is 1.75 bits per heavy atom. The molecule has 0 unspecified atom stereocenters. The lowest BCUT2D eigenvalue weighted by atomic mass is 9.88. The van der Waals surface area contributed by atoms with Gasteiger partial charge in [-0.15, -0.1) is 0 Å². The molecule has 36 heavy (non-hydrogen) atoms. The monoisotopic (exact) mass is 490 g/mol. The highest BCUT2D eigenvalue weighted by Crippen LogP contribution is 2.33. The first-order valence-corrected chi connectivity index (χ1v) is 13.6. The molecule has 6 nitrogen and oxygen atoms in total. The Bertz CT molecular complexity index is 1140. The van der Waals surface area contributed by atoms with Crippen molar-refractivity contribution in [1.82, 2.24) is 15.2 Å². The Labute approximate surface area is 215 Å². The maximum Gasteiger partial charge on any atom is 0.253 e. The molecule has 1 aliphatic carbocycles. The molecular weight excluding hydrogens is 448 g/mol. The van der Waals surface area contributed by atoms with E-state index in [-0.39, 0.29) is 18.0 Å². The summed E-state index contributed by atoms with van der Waals surface area (Å²) < 4.78 is 0. The zero-order valence-corrected chi connectivity index (χ0v) is 22.4. The number of H-pyrrole nitrogens is 1. The van der Waals surface area contributed by atoms with E-state index in [0.717, 1.165) is 49.0 Å². The molecule has 2 aromatic rings. The van der Waals surface area contributed by atoms with Crippen LogP contribution in [-0.2, 0) is 19.4 Å². The van der Waals surface area contributed by atoms with Gasteiger partial charge in [0.15, 0.2) is 0 Å². The van der Waals surface area contributed by atoms with Crippen LogP contribution in [0.3, 0.4) is 0 Å². The Balaban J connectivity index is 1.65. The van der Waals surface area contributed by atoms with E-state index in [1.54, 1.807) is 0 Å². The number of pyridine rings is 1. The lowest BCUT2D eigenvalue weighted by molar-refractivity contribution is 0.0950. The van der Waals surface area contributed by atoms with Crippen LogP contribution < -0.4 is 15.8 Å². The number of hydrogen-bond acceptors (Lipinski definition) is 4. The normalized spacial score (nSPS) is 21.9. The molecule has 1 aromatic heterocycles. The molecular formula is C30H42N4O2. The van der Waals surface area contributed by atoms with Crippen LogP contribution in [0.5, 0.6) is 0 Å². The van der Waals surface area contributed by atoms with Crippen molar-refractivity contribution in [3.05, 3.63) is 74.7 Å². The summed E-state index contributed by atoms with van der Waals surface area (Å²) in [6.07, 6.45) is 12.7. The first-order valence-electron chi connectivity index (χ1n) is 13.6. The third-order valence-electron chi connectivity index (χ3n) is 7.98. The molecule has 4 rings (SSSR count). The number of aromatic nitrogens is 1. The van der Waals surface area contributed by atoms with Crippen LogP contribution in [0, 0.1) is 6.92 Å². The van der Waals surface area contributed by atoms with Crippen molar-refractivity contribution < 1.29 is 4.79 Å². The zero-order valence-electron chi connectivity index (χ0n) is 22.4. The molecule has 194 valence electrons. The van der Waals surface area contributed by atoms with E-state index in [0.29, 0.717) is 23.2 Å². The van der Waals surface area contributed by atoms with Crippen molar-refractivity contribution in [2.45, 2.75) is 83.8 Å². The lowest BCUT2D eigenvalue weighted by Crippen LogP contribution is -2.42. The second-order valence-corrected chi connectivity index (χ2v) is 10.6. The number of anilines is 1. The molecule has 0 radical (unpaired) electrons. The molecule has 0 bridgehead atoms. The molecule has 0 atom stereocenters. The third kappa shape index (κ3) is 5.92. The number of benzene rings is 1. The molecule has 0 spiro atoms. The summed E-state index contributed by atoms with van der Waals surface area (Å²) in [6.45, 7) is 5.29. The number of amides is 1. The topological polar surface area (TPSA) is 68.4 Å². The molecule has 2 heterocycles. The van der Waals surface area contributed by atoms with Gasteiger partial charge in [-0.1, -0.05) is 18.2 Å². The van der Waals surface area contributed by atoms with E-state index in [2.05, 4.69) is 59.3 Å². The highest BCUT2D eigenvalue weighted by molar-refractivity contribution is 5.97. The fourth-order valence-electron chi connectivity index (χ4n) is 5.98. The molecule has 2 aliphatic rings. The Hall–Kier alpha value is -2.86. The Morgan fingerprint density at radius 1 is 1.00 bits per heavy atom. The van der Waals surface area contributed by atoms with Crippen LogP contribution in [-0.4, -0.2) is 48.5 Å². The van der Waals surface area contributed by atoms with Crippen LogP contribution in [0.25, 0.3) is 0 Å². The van der Waals surface area contributed by atoms with Gasteiger partial charge >= 0.3 is 0 Å². The van der Waals surface area contributed by atoms with E-state index >= 15 is 0 Å². The van der Waals surface area contributed by atoms with E-state index in [1.165, 1.54) is 31.4 Å². The molecule has 0 saturated heterocycles. The third-order valence-corrected chi connectivity index (χ3v) is 7.98. The second-order valence-electron chi connectivity index (χ2n) is 10.6. The number of carbonyl (C=O) groups excluding carboxylic acids is 1. The maximum absolute atomic E-state index is 13.5. The average Bonchev–Trinajstić information content (AvgIpc) is 2.87. The minimum atomic E-state index is -0.113. The van der Waals surface area contributed by atoms with E-state index < -0.39 is 0 Å². The van der Waals surface area contributed by atoms with Crippen LogP contribution >= 0.6 is 0 Å². The Morgan fingerprint density at radius 3 is 2.47 bits per heavy atom. The van der Waals surface area contributed by atoms with Crippen LogP contribution in [0.2, 0.25) is 0 Å². The SMILES string of the molecule is CCN(c1cccc2c1C/C=C/CCCc1cc(C)[nH]c(=O)c1CNC2=O)C1CCC(N(C)C)CC1. The van der Waals surface area contributed by atoms with Crippen molar-refractivity contribution in [1.29, 1.82) is 0 Å². The van der Waals surface area contributed by atoms with E-state index in [4.69, 9.17) is 0 Å². The molecule has 1 aromatic carbocycles. The van der Waals surface area contributed by atoms with Crippen LogP contribution in [0.15, 0.2) is 41.2 Å². The van der Waals surface area contributed by atoms with Crippen molar-refractivity contribution in [2.75, 3.05) is 25.5 Å². The summed E-state index contributed by atoms with van der Waals surface area (Å²) >= 11 is 0. The van der Waals surface area contributed by atoms with Gasteiger partial charge in [-0.3, -0.25) is 9.59 Å². The number of allylic oxidation sites excluding steroid dienone is 2. The number of nitrogens with zero attached hydrogens (tertiary/aromatic N) is 2. The fourth-order valence-corrected chi connectivity index (χ4v) is 5.98. The van der Waals surface area contributed by atoms with E-state index in [1.807, 2.05) is 25.1 Å². The average molecular weight is 491 g/mol. The van der Waals surface area contributed by atoms with Gasteiger partial charge < -0.3 is 20.1 Å². The van der Waals surface area contributed by atoms with Gasteiger partial charge in [-0.2, -0.15) is 0 Å². The quantitative estimate of drug-likeness (QED) is 0.607. The van der Waals surface area contributed by atoms with Crippen LogP contribution in [0.1, 0.15) is 78.2 Å². The van der Waals surface area contributed by atoms with Crippen molar-refractivity contribution in [2.24, 2.45) is 0 Å². The number of hydrogen-bond donors (Lipinski definition) is 2. The van der Waals surface area contributed by atoms with Crippen molar-refractivity contribution in [3.63, 3.8) is 0 Å². The molecule has 1 saturated carbocycles. The minimum absolute atomic E-state index is 0.102. The van der Waals surface area contributed by atoms with Crippen molar-refractivity contribution >= 4 is 11.6 Å². The molecule has 1 amide bonds. The standard InChI is InChI=1S/C30H42N4O2/c1-5-34(24-17-15-23(16-18-24)33(3)4)28-14-10-13-26-25(28)12-9-7-6-8-11-22-19-21(2)32-30(36)27(22)20-31-29(26)35/h7,9-10,13-14,19,23-24H,5-6,8,11-12,15-18,20H2,1-4H3,(H,31,35)(H,32,36)/b9-7+. The fraction of sp³-hybridized carbons (Fsp3) is 0.533. The molecule has 1 aliphatic heterocycles. The summed E-state index contributed by atoms with van der Waals surface area (Å²) in [5.74, 6) is -0.113. The predicted octanol–water partition coefficient (Wildman–Crippen LogP) is 4.75. The molecule has 2 N–H and O–H groups in total. The van der Waals surface area contributed by atoms with Gasteiger partial charge in [-0.05, 0) is 109 Å². The number of aryl methyl sites for hydroxylation is 2. The first kappa shape index (κ1) is 26.2. The molecule has 6 heteroatoms. The van der Waals surface area contributed by atoms with Gasteiger partial charge in [0.2, 0.25) is 0 Å². The number of aromatic amines is 1. The molecule has 1 fully saturated rings. The Kier molecular flexibility index (Phi) is 8.68. The minimum Gasteiger partial charge on any atom is -0.369 e. The highest BCUT2D eigenvalue weighted by Gasteiger charge is 2.28. The van der Waals surface area contributed by atoms with Gasteiger partial charge in [0.25, 0.3) is 11.5 Å². The summed E-state index contributed by atoms with van der Waals surface area (Å²) in [7, 11) is 4.36. The van der Waals surface area contributed by atoms with Crippen molar-refractivity contribution in [3.8, 4) is 0 Å². The summed E-state index contributed by atoms with van der Waals surface area (Å²) in [4.78, 5) is 34.0. The second kappa shape index (κ2) is 11.9. The lowest BCUT2D eigenvalue weighted by Gasteiger charge is -2.40. The highest BCUT2D eigenvalue weighted by atomic mass is 16.1. The maximum atomic E-state index is 13.5. The van der Waals surface area contributed by atoms with Gasteiger partial charge in [0.1, 0.15) is 0 Å². The smallest absolute Gasteiger partial charge is 0.253 e. The number of carbonyl (C=O) groups is 1. The number of rotatable bonds is 4. The first-order chi connectivity index (χ1) is 17.4. The predicted molar refractivity (Wildman–Crippen MR) is 148 cm³/mol. The summed E-state index contributed by atoms with van der Waals surface area (Å²) in [5.41, 5.74) is 5.43. The summed E-state index contributed by atoms with van der Waals surface area (Å²) in [5, 5.41) is 3.07. The van der Waals surface area contributed by atoms with Gasteiger partial charge in [0.05, 0.1) is 0 Å². The van der Waals surface area contributed by atoms with E-state index in [9.17, 15) is 9.59 Å². The van der Waals surface area contributed by atoms with Gasteiger partial charge in [-0.25, -0.2) is 0 Å².